The van der Waals surface area contributed by atoms with Crippen molar-refractivity contribution in [3.63, 3.8) is 0 Å². The summed E-state index contributed by atoms with van der Waals surface area (Å²) in [5.74, 6) is -1.10. The Morgan fingerprint density at radius 2 is 2.27 bits per heavy atom. The molecule has 0 spiro atoms. The van der Waals surface area contributed by atoms with Gasteiger partial charge in [0.05, 0.1) is 12.2 Å². The summed E-state index contributed by atoms with van der Waals surface area (Å²) < 4.78 is 5.07. The molecule has 1 saturated heterocycles. The lowest BCUT2D eigenvalue weighted by Crippen LogP contribution is -2.44. The number of rotatable bonds is 1. The molecule has 0 aromatic carbocycles. The van der Waals surface area contributed by atoms with Crippen molar-refractivity contribution < 1.29 is 19.7 Å². The predicted octanol–water partition coefficient (Wildman–Crippen LogP) is -0.000600. The minimum Gasteiger partial charge on any atom is -0.479 e. The summed E-state index contributed by atoms with van der Waals surface area (Å²) in [5, 5.41) is 18.0. The van der Waals surface area contributed by atoms with Gasteiger partial charge in [-0.15, -0.1) is 0 Å². The van der Waals surface area contributed by atoms with Crippen LogP contribution in [0.3, 0.4) is 0 Å². The molecule has 1 rings (SSSR count). The largest absolute Gasteiger partial charge is 0.479 e. The summed E-state index contributed by atoms with van der Waals surface area (Å²) in [6.45, 7) is 3.14. The minimum absolute atomic E-state index is 0.175. The van der Waals surface area contributed by atoms with E-state index in [-0.39, 0.29) is 6.10 Å². The third-order valence-electron chi connectivity index (χ3n) is 2.06. The van der Waals surface area contributed by atoms with Crippen LogP contribution in [0, 0.1) is 0 Å². The molecule has 4 nitrogen and oxygen atoms in total. The molecule has 0 bridgehead atoms. The van der Waals surface area contributed by atoms with E-state index in [0.29, 0.717) is 6.42 Å². The van der Waals surface area contributed by atoms with Gasteiger partial charge in [-0.05, 0) is 13.8 Å². The van der Waals surface area contributed by atoms with E-state index in [9.17, 15) is 9.90 Å². The molecule has 0 radical (unpaired) electrons. The van der Waals surface area contributed by atoms with Crippen LogP contribution in [0.1, 0.15) is 20.3 Å². The van der Waals surface area contributed by atoms with Crippen LogP contribution in [-0.2, 0) is 9.53 Å². The summed E-state index contributed by atoms with van der Waals surface area (Å²) >= 11 is 0. The lowest BCUT2D eigenvalue weighted by atomic mass is 9.99. The number of carboxylic acid groups (broad SMARTS) is 1. The molecule has 0 saturated carbocycles. The van der Waals surface area contributed by atoms with Crippen LogP contribution in [0.5, 0.6) is 0 Å². The van der Waals surface area contributed by atoms with Crippen molar-refractivity contribution in [3.8, 4) is 0 Å². The fraction of sp³-hybridized carbons (Fsp3) is 0.857. The SMILES string of the molecule is CC1CC(O)C(C)(C(=O)O)O1. The Labute approximate surface area is 64.8 Å². The van der Waals surface area contributed by atoms with Crippen molar-refractivity contribution in [1.29, 1.82) is 0 Å². The zero-order valence-electron chi connectivity index (χ0n) is 6.57. The highest BCUT2D eigenvalue weighted by atomic mass is 16.6. The minimum atomic E-state index is -1.40. The van der Waals surface area contributed by atoms with Crippen LogP contribution in [-0.4, -0.2) is 34.0 Å². The van der Waals surface area contributed by atoms with Gasteiger partial charge >= 0.3 is 5.97 Å². The molecule has 64 valence electrons. The highest BCUT2D eigenvalue weighted by Crippen LogP contribution is 2.30. The Hall–Kier alpha value is -0.610. The first-order valence-corrected chi connectivity index (χ1v) is 3.56. The number of carbonyl (C=O) groups is 1. The molecule has 0 aromatic rings. The van der Waals surface area contributed by atoms with Gasteiger partial charge in [-0.1, -0.05) is 0 Å². The fourth-order valence-corrected chi connectivity index (χ4v) is 1.28. The second-order valence-corrected chi connectivity index (χ2v) is 3.09. The van der Waals surface area contributed by atoms with Gasteiger partial charge in [0.25, 0.3) is 0 Å². The molecule has 4 heteroatoms. The molecular weight excluding hydrogens is 148 g/mol. The number of aliphatic hydroxyl groups is 1. The van der Waals surface area contributed by atoms with Crippen LogP contribution in [0.15, 0.2) is 0 Å². The zero-order chi connectivity index (χ0) is 8.65. The highest BCUT2D eigenvalue weighted by molar-refractivity contribution is 5.78. The normalized spacial score (nSPS) is 44.3. The first kappa shape index (κ1) is 8.49. The van der Waals surface area contributed by atoms with E-state index >= 15 is 0 Å². The molecule has 0 aromatic heterocycles. The Morgan fingerprint density at radius 3 is 2.45 bits per heavy atom. The van der Waals surface area contributed by atoms with E-state index in [1.165, 1.54) is 6.92 Å². The molecule has 1 aliphatic rings. The van der Waals surface area contributed by atoms with Gasteiger partial charge in [0.1, 0.15) is 0 Å². The molecule has 1 aliphatic heterocycles. The molecular formula is C7H12O4. The quantitative estimate of drug-likeness (QED) is 0.566. The van der Waals surface area contributed by atoms with Crippen molar-refractivity contribution in [2.75, 3.05) is 0 Å². The monoisotopic (exact) mass is 160 g/mol. The third-order valence-corrected chi connectivity index (χ3v) is 2.06. The molecule has 11 heavy (non-hydrogen) atoms. The summed E-state index contributed by atoms with van der Waals surface area (Å²) in [6.07, 6.45) is -0.677. The summed E-state index contributed by atoms with van der Waals surface area (Å²) in [4.78, 5) is 10.6. The van der Waals surface area contributed by atoms with Crippen molar-refractivity contribution in [3.05, 3.63) is 0 Å². The number of aliphatic carboxylic acids is 1. The Balaban J connectivity index is 2.79. The first-order chi connectivity index (χ1) is 4.97. The van der Waals surface area contributed by atoms with E-state index < -0.39 is 17.7 Å². The number of hydrogen-bond donors (Lipinski definition) is 2. The van der Waals surface area contributed by atoms with Gasteiger partial charge in [0.15, 0.2) is 5.60 Å². The van der Waals surface area contributed by atoms with E-state index in [2.05, 4.69) is 0 Å². The third kappa shape index (κ3) is 1.23. The maximum Gasteiger partial charge on any atom is 0.338 e. The Morgan fingerprint density at radius 1 is 1.73 bits per heavy atom. The maximum absolute atomic E-state index is 10.6. The van der Waals surface area contributed by atoms with Gasteiger partial charge in [-0.2, -0.15) is 0 Å². The summed E-state index contributed by atoms with van der Waals surface area (Å²) in [7, 11) is 0. The Kier molecular flexibility index (Phi) is 1.90. The van der Waals surface area contributed by atoms with E-state index in [0.717, 1.165) is 0 Å². The average Bonchev–Trinajstić information content (AvgIpc) is 2.08. The number of carboxylic acids is 1. The van der Waals surface area contributed by atoms with Crippen molar-refractivity contribution in [2.24, 2.45) is 0 Å². The molecule has 1 fully saturated rings. The van der Waals surface area contributed by atoms with Crippen molar-refractivity contribution in [2.45, 2.75) is 38.1 Å². The lowest BCUT2D eigenvalue weighted by molar-refractivity contribution is -0.168. The average molecular weight is 160 g/mol. The molecule has 0 aliphatic carbocycles. The molecule has 1 heterocycles. The molecule has 2 N–H and O–H groups in total. The van der Waals surface area contributed by atoms with Gasteiger partial charge in [0, 0.05) is 6.42 Å². The Bertz CT molecular complexity index is 179. The van der Waals surface area contributed by atoms with Crippen LogP contribution in [0.2, 0.25) is 0 Å². The van der Waals surface area contributed by atoms with E-state index in [1.807, 2.05) is 0 Å². The van der Waals surface area contributed by atoms with Crippen molar-refractivity contribution >= 4 is 5.97 Å². The van der Waals surface area contributed by atoms with Gasteiger partial charge < -0.3 is 14.9 Å². The van der Waals surface area contributed by atoms with E-state index in [1.54, 1.807) is 6.92 Å². The molecule has 0 amide bonds. The summed E-state index contributed by atoms with van der Waals surface area (Å²) in [5.41, 5.74) is -1.40. The molecule has 3 unspecified atom stereocenters. The standard InChI is InChI=1S/C7H12O4/c1-4-3-5(8)7(2,11-4)6(9)10/h4-5,8H,3H2,1-2H3,(H,9,10). The van der Waals surface area contributed by atoms with Crippen LogP contribution in [0.4, 0.5) is 0 Å². The van der Waals surface area contributed by atoms with Crippen molar-refractivity contribution in [1.82, 2.24) is 0 Å². The van der Waals surface area contributed by atoms with Gasteiger partial charge in [-0.3, -0.25) is 0 Å². The number of aliphatic hydroxyl groups excluding tert-OH is 1. The van der Waals surface area contributed by atoms with Gasteiger partial charge in [0.2, 0.25) is 0 Å². The van der Waals surface area contributed by atoms with Crippen LogP contribution in [0.25, 0.3) is 0 Å². The second kappa shape index (κ2) is 2.46. The predicted molar refractivity (Wildman–Crippen MR) is 37.2 cm³/mol. The lowest BCUT2D eigenvalue weighted by Gasteiger charge is -2.21. The van der Waals surface area contributed by atoms with Crippen LogP contribution >= 0.6 is 0 Å². The van der Waals surface area contributed by atoms with Crippen LogP contribution < -0.4 is 0 Å². The highest BCUT2D eigenvalue weighted by Gasteiger charge is 2.48. The van der Waals surface area contributed by atoms with E-state index in [4.69, 9.17) is 9.84 Å². The maximum atomic E-state index is 10.6. The first-order valence-electron chi connectivity index (χ1n) is 3.56. The number of hydrogen-bond acceptors (Lipinski definition) is 3. The summed E-state index contributed by atoms with van der Waals surface area (Å²) in [6, 6.07) is 0. The molecule has 3 atom stereocenters. The smallest absolute Gasteiger partial charge is 0.338 e. The fourth-order valence-electron chi connectivity index (χ4n) is 1.28. The zero-order valence-corrected chi connectivity index (χ0v) is 6.57. The topological polar surface area (TPSA) is 66.8 Å². The number of ether oxygens (including phenoxy) is 1. The second-order valence-electron chi connectivity index (χ2n) is 3.09. The van der Waals surface area contributed by atoms with Gasteiger partial charge in [-0.25, -0.2) is 4.79 Å².